The monoisotopic (exact) mass is 281 g/mol. The Hall–Kier alpha value is -2.90. The minimum atomic E-state index is -0.884. The second-order valence-corrected chi connectivity index (χ2v) is 3.56. The number of ether oxygens (including phenoxy) is 1. The minimum Gasteiger partial charge on any atom is -0.504 e. The number of nitro benzene ring substituents is 1. The van der Waals surface area contributed by atoms with Gasteiger partial charge in [0.15, 0.2) is 17.3 Å². The number of carbonyl (C=O) groups is 2. The van der Waals surface area contributed by atoms with E-state index < -0.39 is 39.4 Å². The van der Waals surface area contributed by atoms with E-state index in [1.54, 1.807) is 6.92 Å². The van der Waals surface area contributed by atoms with Crippen LogP contribution < -0.4 is 0 Å². The number of nitrogens with zero attached hydrogens (tertiary/aromatic N) is 1. The Balaban J connectivity index is 3.12. The summed E-state index contributed by atoms with van der Waals surface area (Å²) in [6, 6.07) is 1.41. The molecule has 0 heterocycles. The number of nitro groups is 1. The summed E-state index contributed by atoms with van der Waals surface area (Å²) in [6.07, 6.45) is 1.61. The van der Waals surface area contributed by atoms with Gasteiger partial charge in [-0.1, -0.05) is 0 Å². The molecule has 0 amide bonds. The van der Waals surface area contributed by atoms with Gasteiger partial charge in [-0.05, 0) is 13.0 Å². The third kappa shape index (κ3) is 3.55. The number of ketones is 1. The molecule has 0 aromatic heterocycles. The lowest BCUT2D eigenvalue weighted by atomic mass is 10.1. The Morgan fingerprint density at radius 3 is 2.45 bits per heavy atom. The number of carbonyl (C=O) groups excluding carboxylic acids is 2. The number of phenolic OH excluding ortho intramolecular Hbond substituents is 2. The van der Waals surface area contributed by atoms with Crippen molar-refractivity contribution in [2.75, 3.05) is 6.61 Å². The van der Waals surface area contributed by atoms with Crippen LogP contribution in [0.25, 0.3) is 0 Å². The molecule has 0 aliphatic rings. The van der Waals surface area contributed by atoms with Crippen LogP contribution >= 0.6 is 0 Å². The number of allylic oxidation sites excluding steroid dienone is 1. The van der Waals surface area contributed by atoms with E-state index in [1.165, 1.54) is 0 Å². The zero-order valence-electron chi connectivity index (χ0n) is 10.4. The lowest BCUT2D eigenvalue weighted by Gasteiger charge is -2.02. The summed E-state index contributed by atoms with van der Waals surface area (Å²) in [7, 11) is 0. The molecule has 0 spiro atoms. The molecule has 0 atom stereocenters. The minimum absolute atomic E-state index is 0.123. The SMILES string of the molecule is CCOC(=O)C=CC(=O)c1cc(O)c(O)cc1[N+](=O)[O-]. The Labute approximate surface area is 113 Å². The molecule has 106 valence electrons. The normalized spacial score (nSPS) is 10.4. The van der Waals surface area contributed by atoms with Gasteiger partial charge in [0.1, 0.15) is 5.56 Å². The topological polar surface area (TPSA) is 127 Å². The maximum Gasteiger partial charge on any atom is 0.330 e. The van der Waals surface area contributed by atoms with Crippen LogP contribution in [-0.2, 0) is 9.53 Å². The van der Waals surface area contributed by atoms with Gasteiger partial charge in [-0.15, -0.1) is 0 Å². The highest BCUT2D eigenvalue weighted by Gasteiger charge is 2.22. The number of rotatable bonds is 5. The predicted molar refractivity (Wildman–Crippen MR) is 66.5 cm³/mol. The van der Waals surface area contributed by atoms with Crippen LogP contribution in [0.2, 0.25) is 0 Å². The second-order valence-electron chi connectivity index (χ2n) is 3.56. The fraction of sp³-hybridized carbons (Fsp3) is 0.167. The zero-order valence-corrected chi connectivity index (χ0v) is 10.4. The molecule has 0 radical (unpaired) electrons. The summed E-state index contributed by atoms with van der Waals surface area (Å²) >= 11 is 0. The van der Waals surface area contributed by atoms with Crippen molar-refractivity contribution >= 4 is 17.4 Å². The zero-order chi connectivity index (χ0) is 15.3. The molecule has 1 aromatic carbocycles. The van der Waals surface area contributed by atoms with Crippen molar-refractivity contribution in [3.63, 3.8) is 0 Å². The number of benzene rings is 1. The summed E-state index contributed by atoms with van der Waals surface area (Å²) in [5, 5.41) is 29.2. The van der Waals surface area contributed by atoms with Crippen molar-refractivity contribution in [2.45, 2.75) is 6.92 Å². The first-order chi connectivity index (χ1) is 9.36. The highest BCUT2D eigenvalue weighted by atomic mass is 16.6. The molecule has 8 heteroatoms. The van der Waals surface area contributed by atoms with E-state index in [4.69, 9.17) is 0 Å². The van der Waals surface area contributed by atoms with Crippen LogP contribution in [0.1, 0.15) is 17.3 Å². The number of phenols is 2. The van der Waals surface area contributed by atoms with Crippen molar-refractivity contribution in [3.8, 4) is 11.5 Å². The summed E-state index contributed by atoms with van der Waals surface area (Å²) in [5.74, 6) is -3.04. The van der Waals surface area contributed by atoms with E-state index in [9.17, 15) is 29.9 Å². The number of aromatic hydroxyl groups is 2. The number of hydrogen-bond donors (Lipinski definition) is 2. The molecule has 0 saturated carbocycles. The Morgan fingerprint density at radius 2 is 1.90 bits per heavy atom. The second kappa shape index (κ2) is 6.32. The van der Waals surface area contributed by atoms with E-state index in [0.29, 0.717) is 6.07 Å². The molecule has 1 aromatic rings. The van der Waals surface area contributed by atoms with Crippen LogP contribution in [0, 0.1) is 10.1 Å². The molecule has 0 bridgehead atoms. The van der Waals surface area contributed by atoms with Crippen molar-refractivity contribution in [1.29, 1.82) is 0 Å². The molecule has 0 fully saturated rings. The van der Waals surface area contributed by atoms with Crippen LogP contribution in [0.15, 0.2) is 24.3 Å². The van der Waals surface area contributed by atoms with Crippen molar-refractivity contribution in [2.24, 2.45) is 0 Å². The summed E-state index contributed by atoms with van der Waals surface area (Å²) < 4.78 is 4.55. The van der Waals surface area contributed by atoms with E-state index in [1.807, 2.05) is 0 Å². The van der Waals surface area contributed by atoms with Gasteiger partial charge in [0, 0.05) is 12.1 Å². The third-order valence-corrected chi connectivity index (χ3v) is 2.21. The highest BCUT2D eigenvalue weighted by molar-refractivity contribution is 6.09. The fourth-order valence-electron chi connectivity index (χ4n) is 1.34. The van der Waals surface area contributed by atoms with E-state index in [-0.39, 0.29) is 6.61 Å². The third-order valence-electron chi connectivity index (χ3n) is 2.21. The van der Waals surface area contributed by atoms with Gasteiger partial charge in [0.05, 0.1) is 17.6 Å². The van der Waals surface area contributed by atoms with Crippen molar-refractivity contribution in [1.82, 2.24) is 0 Å². The first kappa shape index (κ1) is 15.2. The van der Waals surface area contributed by atoms with Gasteiger partial charge < -0.3 is 14.9 Å². The van der Waals surface area contributed by atoms with Gasteiger partial charge in [-0.25, -0.2) is 4.79 Å². The summed E-state index contributed by atoms with van der Waals surface area (Å²) in [5.41, 5.74) is -1.13. The van der Waals surface area contributed by atoms with Gasteiger partial charge >= 0.3 is 5.97 Å². The maximum atomic E-state index is 11.8. The standard InChI is InChI=1S/C12H11NO7/c1-2-20-12(17)4-3-9(14)7-5-10(15)11(16)6-8(7)13(18)19/h3-6,15-16H,2H2,1H3. The first-order valence-electron chi connectivity index (χ1n) is 5.46. The number of esters is 1. The molecule has 2 N–H and O–H groups in total. The lowest BCUT2D eigenvalue weighted by molar-refractivity contribution is -0.385. The Morgan fingerprint density at radius 1 is 1.30 bits per heavy atom. The van der Waals surface area contributed by atoms with Gasteiger partial charge in [-0.3, -0.25) is 14.9 Å². The van der Waals surface area contributed by atoms with Crippen LogP contribution in [0.3, 0.4) is 0 Å². The lowest BCUT2D eigenvalue weighted by Crippen LogP contribution is -2.04. The molecule has 1 rings (SSSR count). The summed E-state index contributed by atoms with van der Waals surface area (Å²) in [4.78, 5) is 32.7. The average Bonchev–Trinajstić information content (AvgIpc) is 2.38. The smallest absolute Gasteiger partial charge is 0.330 e. The molecule has 0 saturated heterocycles. The number of hydrogen-bond acceptors (Lipinski definition) is 7. The first-order valence-corrected chi connectivity index (χ1v) is 5.46. The van der Waals surface area contributed by atoms with Gasteiger partial charge in [0.2, 0.25) is 0 Å². The molecule has 0 aliphatic carbocycles. The molecule has 0 aliphatic heterocycles. The quantitative estimate of drug-likeness (QED) is 0.208. The van der Waals surface area contributed by atoms with E-state index in [2.05, 4.69) is 4.74 Å². The molecule has 20 heavy (non-hydrogen) atoms. The van der Waals surface area contributed by atoms with Crippen molar-refractivity contribution < 1.29 is 29.5 Å². The summed E-state index contributed by atoms with van der Waals surface area (Å²) in [6.45, 7) is 1.70. The van der Waals surface area contributed by atoms with Crippen LogP contribution in [0.5, 0.6) is 11.5 Å². The predicted octanol–water partition coefficient (Wildman–Crippen LogP) is 1.31. The fourth-order valence-corrected chi connectivity index (χ4v) is 1.34. The Bertz CT molecular complexity index is 592. The van der Waals surface area contributed by atoms with E-state index >= 15 is 0 Å². The molecule has 0 unspecified atom stereocenters. The Kier molecular flexibility index (Phi) is 4.79. The molecular weight excluding hydrogens is 270 g/mol. The maximum absolute atomic E-state index is 11.8. The van der Waals surface area contributed by atoms with Gasteiger partial charge in [-0.2, -0.15) is 0 Å². The van der Waals surface area contributed by atoms with Crippen LogP contribution in [-0.4, -0.2) is 33.5 Å². The largest absolute Gasteiger partial charge is 0.504 e. The van der Waals surface area contributed by atoms with Gasteiger partial charge in [0.25, 0.3) is 5.69 Å². The highest BCUT2D eigenvalue weighted by Crippen LogP contribution is 2.33. The van der Waals surface area contributed by atoms with E-state index in [0.717, 1.165) is 18.2 Å². The van der Waals surface area contributed by atoms with Crippen LogP contribution in [0.4, 0.5) is 5.69 Å². The average molecular weight is 281 g/mol. The van der Waals surface area contributed by atoms with Crippen molar-refractivity contribution in [3.05, 3.63) is 40.0 Å². The molecular formula is C12H11NO7. The molecule has 8 nitrogen and oxygen atoms in total.